The van der Waals surface area contributed by atoms with Gasteiger partial charge in [0.15, 0.2) is 0 Å². The molecule has 1 aromatic rings. The van der Waals surface area contributed by atoms with Gasteiger partial charge < -0.3 is 9.80 Å². The maximum atomic E-state index is 12.8. The predicted molar refractivity (Wildman–Crippen MR) is 113 cm³/mol. The number of aliphatic imine (C=N–C) groups is 2. The molecule has 1 fully saturated rings. The van der Waals surface area contributed by atoms with Crippen molar-refractivity contribution >= 4 is 29.2 Å². The first-order valence-electron chi connectivity index (χ1n) is 10.0. The summed E-state index contributed by atoms with van der Waals surface area (Å²) in [5.74, 6) is 0.653. The lowest BCUT2D eigenvalue weighted by Crippen LogP contribution is -2.54. The molecule has 1 aromatic heterocycles. The number of amides is 2. The molecule has 0 saturated carbocycles. The average molecular weight is 402 g/mol. The van der Waals surface area contributed by atoms with Gasteiger partial charge in [-0.2, -0.15) is 10.3 Å². The molecule has 0 aromatic carbocycles. The largest absolute Gasteiger partial charge is 0.353 e. The van der Waals surface area contributed by atoms with Crippen molar-refractivity contribution in [1.29, 1.82) is 5.26 Å². The Kier molecular flexibility index (Phi) is 5.53. The third-order valence-corrected chi connectivity index (χ3v) is 5.48. The minimum Gasteiger partial charge on any atom is -0.353 e. The van der Waals surface area contributed by atoms with E-state index in [0.29, 0.717) is 43.2 Å². The van der Waals surface area contributed by atoms with Crippen molar-refractivity contribution in [2.24, 2.45) is 15.9 Å². The molecule has 1 saturated heterocycles. The SMILES string of the molecule is C[C@@H]1CN(c2ccc(C#N)cn2)CCN1C(=O)CCC1=NC(=O)C2C=CC=CC2=N1. The molecule has 1 unspecified atom stereocenters. The Hall–Kier alpha value is -3.60. The Morgan fingerprint density at radius 3 is 2.87 bits per heavy atom. The molecule has 3 aliphatic rings. The number of anilines is 1. The fourth-order valence-corrected chi connectivity index (χ4v) is 3.87. The summed E-state index contributed by atoms with van der Waals surface area (Å²) in [4.78, 5) is 41.8. The molecule has 2 aliphatic heterocycles. The van der Waals surface area contributed by atoms with Crippen molar-refractivity contribution in [3.8, 4) is 6.07 Å². The van der Waals surface area contributed by atoms with E-state index >= 15 is 0 Å². The Morgan fingerprint density at radius 2 is 2.13 bits per heavy atom. The van der Waals surface area contributed by atoms with Crippen molar-refractivity contribution in [3.63, 3.8) is 0 Å². The van der Waals surface area contributed by atoms with Crippen LogP contribution >= 0.6 is 0 Å². The fourth-order valence-electron chi connectivity index (χ4n) is 3.87. The molecule has 8 heteroatoms. The Morgan fingerprint density at radius 1 is 1.27 bits per heavy atom. The number of rotatable bonds is 4. The summed E-state index contributed by atoms with van der Waals surface area (Å²) in [6.45, 7) is 3.96. The van der Waals surface area contributed by atoms with Gasteiger partial charge in [-0.1, -0.05) is 18.2 Å². The number of nitriles is 1. The average Bonchev–Trinajstić information content (AvgIpc) is 2.77. The number of hydrogen-bond acceptors (Lipinski definition) is 6. The number of hydrogen-bond donors (Lipinski definition) is 0. The van der Waals surface area contributed by atoms with Crippen molar-refractivity contribution in [2.45, 2.75) is 25.8 Å². The molecular formula is C22H22N6O2. The highest BCUT2D eigenvalue weighted by atomic mass is 16.2. The molecule has 30 heavy (non-hydrogen) atoms. The Labute approximate surface area is 174 Å². The first-order valence-corrected chi connectivity index (χ1v) is 10.0. The zero-order valence-corrected chi connectivity index (χ0v) is 16.7. The van der Waals surface area contributed by atoms with Crippen LogP contribution in [0.5, 0.6) is 0 Å². The van der Waals surface area contributed by atoms with E-state index in [1.54, 1.807) is 18.3 Å². The van der Waals surface area contributed by atoms with Crippen LogP contribution in [-0.2, 0) is 9.59 Å². The van der Waals surface area contributed by atoms with Gasteiger partial charge in [-0.25, -0.2) is 9.98 Å². The molecule has 0 radical (unpaired) electrons. The normalized spacial score (nSPS) is 22.9. The molecule has 4 rings (SSSR count). The summed E-state index contributed by atoms with van der Waals surface area (Å²) in [6, 6.07) is 5.68. The molecule has 1 aliphatic carbocycles. The Balaban J connectivity index is 1.33. The van der Waals surface area contributed by atoms with Crippen molar-refractivity contribution in [2.75, 3.05) is 24.5 Å². The third kappa shape index (κ3) is 4.06. The van der Waals surface area contributed by atoms with Crippen molar-refractivity contribution in [1.82, 2.24) is 9.88 Å². The van der Waals surface area contributed by atoms with Crippen LogP contribution in [0.2, 0.25) is 0 Å². The highest BCUT2D eigenvalue weighted by Crippen LogP contribution is 2.20. The lowest BCUT2D eigenvalue weighted by atomic mass is 9.96. The van der Waals surface area contributed by atoms with Gasteiger partial charge in [0.05, 0.1) is 11.3 Å². The second kappa shape index (κ2) is 8.41. The standard InChI is InChI=1S/C22H22N6O2/c1-15-14-27(20-8-6-16(12-23)13-24-20)10-11-28(15)21(29)9-7-19-25-18-5-3-2-4-17(18)22(30)26-19/h2-6,8,13,15,17H,7,9-11,14H2,1H3/t15-,17?/m1/s1. The minimum absolute atomic E-state index is 0.0285. The van der Waals surface area contributed by atoms with Crippen LogP contribution in [0, 0.1) is 17.2 Å². The molecule has 2 atom stereocenters. The number of nitrogens with zero attached hydrogens (tertiary/aromatic N) is 6. The zero-order chi connectivity index (χ0) is 21.1. The topological polar surface area (TPSA) is 102 Å². The van der Waals surface area contributed by atoms with Crippen molar-refractivity contribution < 1.29 is 9.59 Å². The molecule has 8 nitrogen and oxygen atoms in total. The van der Waals surface area contributed by atoms with Crippen LogP contribution in [0.1, 0.15) is 25.3 Å². The van der Waals surface area contributed by atoms with Crippen LogP contribution in [-0.4, -0.2) is 58.9 Å². The molecule has 3 heterocycles. The van der Waals surface area contributed by atoms with E-state index in [2.05, 4.69) is 25.9 Å². The van der Waals surface area contributed by atoms with Crippen molar-refractivity contribution in [3.05, 3.63) is 48.2 Å². The maximum absolute atomic E-state index is 12.8. The highest BCUT2D eigenvalue weighted by Gasteiger charge is 2.29. The quantitative estimate of drug-likeness (QED) is 0.765. The van der Waals surface area contributed by atoms with E-state index in [1.807, 2.05) is 36.1 Å². The second-order valence-corrected chi connectivity index (χ2v) is 7.52. The lowest BCUT2D eigenvalue weighted by Gasteiger charge is -2.40. The van der Waals surface area contributed by atoms with E-state index in [-0.39, 0.29) is 24.3 Å². The van der Waals surface area contributed by atoms with E-state index in [9.17, 15) is 9.59 Å². The third-order valence-electron chi connectivity index (χ3n) is 5.48. The summed E-state index contributed by atoms with van der Waals surface area (Å²) < 4.78 is 0. The molecule has 0 spiro atoms. The van der Waals surface area contributed by atoms with E-state index < -0.39 is 5.92 Å². The summed E-state index contributed by atoms with van der Waals surface area (Å²) in [6.07, 6.45) is 9.46. The van der Waals surface area contributed by atoms with Crippen LogP contribution in [0.4, 0.5) is 5.82 Å². The van der Waals surface area contributed by atoms with Crippen LogP contribution in [0.3, 0.4) is 0 Å². The minimum atomic E-state index is -0.390. The summed E-state index contributed by atoms with van der Waals surface area (Å²) >= 11 is 0. The number of fused-ring (bicyclic) bond motifs is 1. The van der Waals surface area contributed by atoms with Crippen LogP contribution in [0.25, 0.3) is 0 Å². The van der Waals surface area contributed by atoms with Gasteiger partial charge >= 0.3 is 0 Å². The molecule has 152 valence electrons. The van der Waals surface area contributed by atoms with Crippen LogP contribution < -0.4 is 4.90 Å². The molecule has 0 bridgehead atoms. The number of carbonyl (C=O) groups excluding carboxylic acids is 2. The van der Waals surface area contributed by atoms with Gasteiger partial charge in [0, 0.05) is 44.7 Å². The maximum Gasteiger partial charge on any atom is 0.260 e. The fraction of sp³-hybridized carbons (Fsp3) is 0.364. The summed E-state index contributed by atoms with van der Waals surface area (Å²) in [5, 5.41) is 8.90. The van der Waals surface area contributed by atoms with Gasteiger partial charge in [-0.3, -0.25) is 9.59 Å². The molecule has 2 amide bonds. The van der Waals surface area contributed by atoms with E-state index in [0.717, 1.165) is 5.82 Å². The number of pyridine rings is 1. The summed E-state index contributed by atoms with van der Waals surface area (Å²) in [7, 11) is 0. The van der Waals surface area contributed by atoms with Gasteiger partial charge in [0.1, 0.15) is 23.6 Å². The lowest BCUT2D eigenvalue weighted by molar-refractivity contribution is -0.133. The van der Waals surface area contributed by atoms with Gasteiger partial charge in [0.25, 0.3) is 5.91 Å². The highest BCUT2D eigenvalue weighted by molar-refractivity contribution is 6.21. The second-order valence-electron chi connectivity index (χ2n) is 7.52. The van der Waals surface area contributed by atoms with Crippen LogP contribution in [0.15, 0.2) is 52.6 Å². The first-order chi connectivity index (χ1) is 14.5. The number of amidine groups is 1. The van der Waals surface area contributed by atoms with Gasteiger partial charge in [-0.15, -0.1) is 0 Å². The van der Waals surface area contributed by atoms with Gasteiger partial charge in [-0.05, 0) is 25.1 Å². The number of aromatic nitrogens is 1. The molecule has 0 N–H and O–H groups in total. The summed E-state index contributed by atoms with van der Waals surface area (Å²) in [5.41, 5.74) is 1.22. The Bertz CT molecular complexity index is 1020. The first kappa shape index (κ1) is 19.7. The van der Waals surface area contributed by atoms with E-state index in [4.69, 9.17) is 5.26 Å². The molecular weight excluding hydrogens is 380 g/mol. The van der Waals surface area contributed by atoms with Gasteiger partial charge in [0.2, 0.25) is 5.91 Å². The number of allylic oxidation sites excluding steroid dienone is 3. The number of piperazine rings is 1. The van der Waals surface area contributed by atoms with E-state index in [1.165, 1.54) is 0 Å². The predicted octanol–water partition coefficient (Wildman–Crippen LogP) is 1.89. The zero-order valence-electron chi connectivity index (χ0n) is 16.7. The monoisotopic (exact) mass is 402 g/mol. The smallest absolute Gasteiger partial charge is 0.260 e. The number of carbonyl (C=O) groups is 2.